The molecule has 1 N–H and O–H groups in total. The van der Waals surface area contributed by atoms with Crippen molar-refractivity contribution in [3.63, 3.8) is 0 Å². The topological polar surface area (TPSA) is 66.5 Å². The fourth-order valence-corrected chi connectivity index (χ4v) is 4.79. The van der Waals surface area contributed by atoms with Crippen molar-refractivity contribution in [1.29, 1.82) is 0 Å². The summed E-state index contributed by atoms with van der Waals surface area (Å²) in [5.74, 6) is -0.164. The summed E-state index contributed by atoms with van der Waals surface area (Å²) >= 11 is 0. The van der Waals surface area contributed by atoms with Crippen LogP contribution in [-0.2, 0) is 10.0 Å². The molecule has 0 aliphatic rings. The first kappa shape index (κ1) is 21.0. The molecule has 3 aromatic carbocycles. The van der Waals surface area contributed by atoms with Crippen molar-refractivity contribution in [3.8, 4) is 0 Å². The third-order valence-electron chi connectivity index (χ3n) is 5.08. The van der Waals surface area contributed by atoms with Crippen LogP contribution < -0.4 is 5.32 Å². The Kier molecular flexibility index (Phi) is 6.35. The maximum Gasteiger partial charge on any atom is 0.251 e. The third-order valence-corrected chi connectivity index (χ3v) is 7.15. The maximum atomic E-state index is 12.7. The number of hydrogen-bond acceptors (Lipinski definition) is 3. The number of sulfonamides is 1. The van der Waals surface area contributed by atoms with Gasteiger partial charge >= 0.3 is 0 Å². The van der Waals surface area contributed by atoms with E-state index in [2.05, 4.69) is 5.32 Å². The van der Waals surface area contributed by atoms with Crippen LogP contribution in [-0.4, -0.2) is 31.7 Å². The van der Waals surface area contributed by atoms with Crippen molar-refractivity contribution in [3.05, 3.63) is 77.9 Å². The van der Waals surface area contributed by atoms with Crippen LogP contribution in [0.25, 0.3) is 10.8 Å². The number of carbonyl (C=O) groups is 1. The smallest absolute Gasteiger partial charge is 0.251 e. The lowest BCUT2D eigenvalue weighted by Gasteiger charge is -2.19. The molecular formula is C23H26N2O3S. The van der Waals surface area contributed by atoms with Crippen LogP contribution in [0, 0.1) is 0 Å². The summed E-state index contributed by atoms with van der Waals surface area (Å²) < 4.78 is 26.6. The van der Waals surface area contributed by atoms with Crippen molar-refractivity contribution < 1.29 is 13.2 Å². The molecule has 29 heavy (non-hydrogen) atoms. The van der Waals surface area contributed by atoms with Crippen LogP contribution in [0.15, 0.2) is 71.6 Å². The minimum absolute atomic E-state index is 0.164. The molecule has 0 bridgehead atoms. The number of hydrogen-bond donors (Lipinski definition) is 1. The lowest BCUT2D eigenvalue weighted by Crippen LogP contribution is -2.30. The van der Waals surface area contributed by atoms with Gasteiger partial charge in [-0.25, -0.2) is 8.42 Å². The Labute approximate surface area is 172 Å². The average Bonchev–Trinajstić information content (AvgIpc) is 2.74. The maximum absolute atomic E-state index is 12.7. The van der Waals surface area contributed by atoms with Crippen molar-refractivity contribution >= 4 is 26.7 Å². The molecule has 6 heteroatoms. The van der Waals surface area contributed by atoms with Gasteiger partial charge in [0.2, 0.25) is 10.0 Å². The van der Waals surface area contributed by atoms with Gasteiger partial charge in [-0.3, -0.25) is 4.79 Å². The molecule has 0 aliphatic heterocycles. The molecule has 0 fully saturated rings. The number of carbonyl (C=O) groups excluding carboxylic acids is 1. The van der Waals surface area contributed by atoms with Gasteiger partial charge in [0.25, 0.3) is 5.91 Å². The second-order valence-electron chi connectivity index (χ2n) is 6.92. The van der Waals surface area contributed by atoms with Gasteiger partial charge < -0.3 is 5.32 Å². The van der Waals surface area contributed by atoms with Gasteiger partial charge in [0.05, 0.1) is 10.9 Å². The molecule has 1 atom stereocenters. The van der Waals surface area contributed by atoms with E-state index in [9.17, 15) is 13.2 Å². The Morgan fingerprint density at radius 3 is 2.17 bits per heavy atom. The molecule has 152 valence electrons. The Balaban J connectivity index is 1.74. The molecule has 1 amide bonds. The molecule has 0 aliphatic carbocycles. The van der Waals surface area contributed by atoms with E-state index in [1.807, 2.05) is 63.2 Å². The van der Waals surface area contributed by atoms with Crippen LogP contribution in [0.4, 0.5) is 0 Å². The number of nitrogens with one attached hydrogen (secondary N) is 1. The van der Waals surface area contributed by atoms with E-state index in [1.165, 1.54) is 4.31 Å². The molecular weight excluding hydrogens is 384 g/mol. The number of nitrogens with zero attached hydrogens (tertiary/aromatic N) is 1. The first-order valence-electron chi connectivity index (χ1n) is 9.76. The van der Waals surface area contributed by atoms with Crippen molar-refractivity contribution in [1.82, 2.24) is 9.62 Å². The molecule has 3 aromatic rings. The lowest BCUT2D eigenvalue weighted by molar-refractivity contribution is 0.0940. The molecule has 5 nitrogen and oxygen atoms in total. The van der Waals surface area contributed by atoms with Gasteiger partial charge in [-0.2, -0.15) is 4.31 Å². The van der Waals surface area contributed by atoms with Crippen molar-refractivity contribution in [2.75, 3.05) is 13.1 Å². The van der Waals surface area contributed by atoms with Gasteiger partial charge in [-0.15, -0.1) is 0 Å². The monoisotopic (exact) mass is 410 g/mol. The van der Waals surface area contributed by atoms with E-state index >= 15 is 0 Å². The summed E-state index contributed by atoms with van der Waals surface area (Å²) in [5, 5.41) is 5.08. The van der Waals surface area contributed by atoms with Gasteiger partial charge in [0.15, 0.2) is 0 Å². The Morgan fingerprint density at radius 1 is 0.931 bits per heavy atom. The quantitative estimate of drug-likeness (QED) is 0.629. The molecule has 0 heterocycles. The van der Waals surface area contributed by atoms with E-state index in [0.29, 0.717) is 18.7 Å². The third kappa shape index (κ3) is 4.49. The fourth-order valence-electron chi connectivity index (χ4n) is 3.33. The normalized spacial score (nSPS) is 12.8. The first-order chi connectivity index (χ1) is 13.9. The van der Waals surface area contributed by atoms with E-state index in [0.717, 1.165) is 16.3 Å². The van der Waals surface area contributed by atoms with Crippen LogP contribution >= 0.6 is 0 Å². The highest BCUT2D eigenvalue weighted by atomic mass is 32.2. The number of fused-ring (bicyclic) bond motifs is 1. The predicted molar refractivity (Wildman–Crippen MR) is 116 cm³/mol. The van der Waals surface area contributed by atoms with E-state index in [4.69, 9.17) is 0 Å². The zero-order valence-corrected chi connectivity index (χ0v) is 17.7. The number of amides is 1. The van der Waals surface area contributed by atoms with Crippen LogP contribution in [0.1, 0.15) is 42.7 Å². The molecule has 3 rings (SSSR count). The van der Waals surface area contributed by atoms with Gasteiger partial charge in [-0.05, 0) is 47.5 Å². The summed E-state index contributed by atoms with van der Waals surface area (Å²) in [6, 6.07) is 20.0. The SMILES string of the molecule is CCN(CC)S(=O)(=O)c1ccc(C(C)NC(=O)c2ccc3ccccc3c2)cc1. The average molecular weight is 411 g/mol. The van der Waals surface area contributed by atoms with E-state index < -0.39 is 10.0 Å². The number of rotatable bonds is 7. The molecule has 1 unspecified atom stereocenters. The highest BCUT2D eigenvalue weighted by Gasteiger charge is 2.21. The predicted octanol–water partition coefficient (Wildman–Crippen LogP) is 4.36. The minimum atomic E-state index is -3.48. The lowest BCUT2D eigenvalue weighted by atomic mass is 10.1. The van der Waals surface area contributed by atoms with Crippen LogP contribution in [0.2, 0.25) is 0 Å². The van der Waals surface area contributed by atoms with Crippen molar-refractivity contribution in [2.24, 2.45) is 0 Å². The van der Waals surface area contributed by atoms with Gasteiger partial charge in [0, 0.05) is 18.7 Å². The Morgan fingerprint density at radius 2 is 1.55 bits per heavy atom. The van der Waals surface area contributed by atoms with Crippen LogP contribution in [0.5, 0.6) is 0 Å². The second-order valence-corrected chi connectivity index (χ2v) is 8.85. The largest absolute Gasteiger partial charge is 0.346 e. The summed E-state index contributed by atoms with van der Waals surface area (Å²) in [7, 11) is -3.48. The first-order valence-corrected chi connectivity index (χ1v) is 11.2. The summed E-state index contributed by atoms with van der Waals surface area (Å²) in [5.41, 5.74) is 1.44. The zero-order chi connectivity index (χ0) is 21.0. The van der Waals surface area contributed by atoms with Crippen molar-refractivity contribution in [2.45, 2.75) is 31.7 Å². The second kappa shape index (κ2) is 8.76. The molecule has 0 radical (unpaired) electrons. The molecule has 0 saturated carbocycles. The summed E-state index contributed by atoms with van der Waals surface area (Å²) in [4.78, 5) is 12.9. The van der Waals surface area contributed by atoms with Crippen LogP contribution in [0.3, 0.4) is 0 Å². The number of benzene rings is 3. The summed E-state index contributed by atoms with van der Waals surface area (Å²) in [6.07, 6.45) is 0. The molecule has 0 spiro atoms. The van der Waals surface area contributed by atoms with Gasteiger partial charge in [-0.1, -0.05) is 56.3 Å². The van der Waals surface area contributed by atoms with Gasteiger partial charge in [0.1, 0.15) is 0 Å². The zero-order valence-electron chi connectivity index (χ0n) is 16.9. The minimum Gasteiger partial charge on any atom is -0.346 e. The molecule has 0 saturated heterocycles. The van der Waals surface area contributed by atoms with E-state index in [1.54, 1.807) is 24.3 Å². The standard InChI is InChI=1S/C23H26N2O3S/c1-4-25(5-2)29(27,28)22-14-12-18(13-15-22)17(3)24-23(26)21-11-10-19-8-6-7-9-20(19)16-21/h6-17H,4-5H2,1-3H3,(H,24,26). The Hall–Kier alpha value is -2.70. The fraction of sp³-hybridized carbons (Fsp3) is 0.261. The Bertz CT molecular complexity index is 1100. The summed E-state index contributed by atoms with van der Waals surface area (Å²) in [6.45, 7) is 6.38. The highest BCUT2D eigenvalue weighted by molar-refractivity contribution is 7.89. The highest BCUT2D eigenvalue weighted by Crippen LogP contribution is 2.21. The van der Waals surface area contributed by atoms with E-state index in [-0.39, 0.29) is 16.8 Å². The molecule has 0 aromatic heterocycles.